The highest BCUT2D eigenvalue weighted by Crippen LogP contribution is 2.21. The van der Waals surface area contributed by atoms with E-state index in [1.165, 1.54) is 43.4 Å². The molecule has 0 spiro atoms. The molecule has 0 radical (unpaired) electrons. The van der Waals surface area contributed by atoms with E-state index < -0.39 is 12.0 Å². The van der Waals surface area contributed by atoms with E-state index in [1.54, 1.807) is 0 Å². The number of hydrogen-bond donors (Lipinski definition) is 0. The lowest BCUT2D eigenvalue weighted by Crippen LogP contribution is -2.43. The molecule has 0 aliphatic carbocycles. The van der Waals surface area contributed by atoms with Crippen molar-refractivity contribution in [3.05, 3.63) is 30.1 Å². The number of nitrogens with zero attached hydrogens (tertiary/aromatic N) is 1. The predicted octanol–water partition coefficient (Wildman–Crippen LogP) is 0.993. The van der Waals surface area contributed by atoms with Crippen LogP contribution in [0.25, 0.3) is 0 Å². The number of carbonyl (C=O) groups is 2. The lowest BCUT2D eigenvalue weighted by molar-refractivity contribution is -0.151. The minimum Gasteiger partial charge on any atom is -0.484 e. The van der Waals surface area contributed by atoms with Gasteiger partial charge in [-0.1, -0.05) is 0 Å². The third-order valence-electron chi connectivity index (χ3n) is 3.57. The summed E-state index contributed by atoms with van der Waals surface area (Å²) in [6, 6.07) is 4.69. The van der Waals surface area contributed by atoms with Gasteiger partial charge in [-0.15, -0.1) is 0 Å². The Labute approximate surface area is 127 Å². The number of esters is 1. The summed E-state index contributed by atoms with van der Waals surface area (Å²) in [5.74, 6) is -0.826. The lowest BCUT2D eigenvalue weighted by Gasteiger charge is -2.22. The molecule has 1 aliphatic heterocycles. The van der Waals surface area contributed by atoms with Crippen LogP contribution in [0.4, 0.5) is 4.39 Å². The first-order valence-corrected chi connectivity index (χ1v) is 6.83. The van der Waals surface area contributed by atoms with Crippen LogP contribution >= 0.6 is 0 Å². The van der Waals surface area contributed by atoms with Gasteiger partial charge in [-0.3, -0.25) is 4.79 Å². The Morgan fingerprint density at radius 1 is 1.27 bits per heavy atom. The molecule has 22 heavy (non-hydrogen) atoms. The highest BCUT2D eigenvalue weighted by atomic mass is 19.1. The van der Waals surface area contributed by atoms with Gasteiger partial charge >= 0.3 is 5.97 Å². The van der Waals surface area contributed by atoms with Gasteiger partial charge in [0.05, 0.1) is 13.2 Å². The van der Waals surface area contributed by atoms with Crippen LogP contribution in [0, 0.1) is 5.82 Å². The van der Waals surface area contributed by atoms with E-state index in [2.05, 4.69) is 0 Å². The minimum absolute atomic E-state index is 0.209. The predicted molar refractivity (Wildman–Crippen MR) is 74.8 cm³/mol. The van der Waals surface area contributed by atoms with Crippen molar-refractivity contribution in [1.82, 2.24) is 4.90 Å². The average molecular weight is 311 g/mol. The zero-order valence-corrected chi connectivity index (χ0v) is 12.5. The maximum absolute atomic E-state index is 12.8. The van der Waals surface area contributed by atoms with Crippen LogP contribution in [0.3, 0.4) is 0 Å². The first kappa shape index (κ1) is 16.2. The van der Waals surface area contributed by atoms with Crippen LogP contribution in [-0.2, 0) is 19.1 Å². The molecule has 0 saturated carbocycles. The molecule has 0 N–H and O–H groups in total. The molecule has 0 bridgehead atoms. The number of rotatable bonds is 5. The lowest BCUT2D eigenvalue weighted by atomic mass is 10.2. The van der Waals surface area contributed by atoms with Gasteiger partial charge in [-0.05, 0) is 24.3 Å². The summed E-state index contributed by atoms with van der Waals surface area (Å²) in [6.07, 6.45) is 0.185. The second kappa shape index (κ2) is 7.22. The Morgan fingerprint density at radius 3 is 2.55 bits per heavy atom. The topological polar surface area (TPSA) is 65.1 Å². The van der Waals surface area contributed by atoms with Crippen molar-refractivity contribution in [1.29, 1.82) is 0 Å². The number of benzene rings is 1. The van der Waals surface area contributed by atoms with Crippen LogP contribution in [0.1, 0.15) is 6.42 Å². The molecule has 1 heterocycles. The Kier molecular flexibility index (Phi) is 5.32. The average Bonchev–Trinajstić information content (AvgIpc) is 2.97. The Morgan fingerprint density at radius 2 is 1.95 bits per heavy atom. The molecule has 1 aromatic rings. The van der Waals surface area contributed by atoms with Crippen molar-refractivity contribution in [2.75, 3.05) is 27.4 Å². The molecule has 2 rings (SSSR count). The van der Waals surface area contributed by atoms with Gasteiger partial charge in [0.15, 0.2) is 6.61 Å². The van der Waals surface area contributed by atoms with Crippen LogP contribution in [-0.4, -0.2) is 56.3 Å². The first-order chi connectivity index (χ1) is 10.5. The van der Waals surface area contributed by atoms with E-state index >= 15 is 0 Å². The number of carbonyl (C=O) groups excluding carboxylic acids is 2. The van der Waals surface area contributed by atoms with E-state index in [4.69, 9.17) is 14.2 Å². The molecular formula is C15H18FNO5. The smallest absolute Gasteiger partial charge is 0.328 e. The second-order valence-corrected chi connectivity index (χ2v) is 4.92. The molecule has 1 aromatic carbocycles. The summed E-state index contributed by atoms with van der Waals surface area (Å²) >= 11 is 0. The maximum atomic E-state index is 12.8. The van der Waals surface area contributed by atoms with Gasteiger partial charge in [-0.25, -0.2) is 9.18 Å². The largest absolute Gasteiger partial charge is 0.484 e. The van der Waals surface area contributed by atoms with Crippen LogP contribution in [0.2, 0.25) is 0 Å². The molecular weight excluding hydrogens is 293 g/mol. The highest BCUT2D eigenvalue weighted by Gasteiger charge is 2.40. The van der Waals surface area contributed by atoms with Crippen molar-refractivity contribution in [3.8, 4) is 5.75 Å². The van der Waals surface area contributed by atoms with Crippen molar-refractivity contribution in [2.24, 2.45) is 0 Å². The van der Waals surface area contributed by atoms with Gasteiger partial charge in [-0.2, -0.15) is 0 Å². The SMILES string of the molecule is COC(=O)[C@H]1C[C@H](OC)CN1C(=O)COc1ccc(F)cc1. The van der Waals surface area contributed by atoms with Crippen molar-refractivity contribution in [3.63, 3.8) is 0 Å². The third-order valence-corrected chi connectivity index (χ3v) is 3.57. The quantitative estimate of drug-likeness (QED) is 0.759. The molecule has 1 amide bonds. The van der Waals surface area contributed by atoms with E-state index in [0.29, 0.717) is 18.7 Å². The summed E-state index contributed by atoms with van der Waals surface area (Å²) in [7, 11) is 2.81. The highest BCUT2D eigenvalue weighted by molar-refractivity contribution is 5.86. The van der Waals surface area contributed by atoms with Crippen LogP contribution < -0.4 is 4.74 Å². The van der Waals surface area contributed by atoms with Gasteiger partial charge < -0.3 is 19.1 Å². The van der Waals surface area contributed by atoms with E-state index in [-0.39, 0.29) is 24.4 Å². The number of methoxy groups -OCH3 is 2. The molecule has 1 fully saturated rings. The van der Waals surface area contributed by atoms with Crippen molar-refractivity contribution in [2.45, 2.75) is 18.6 Å². The zero-order chi connectivity index (χ0) is 16.1. The van der Waals surface area contributed by atoms with Crippen LogP contribution in [0.15, 0.2) is 24.3 Å². The molecule has 120 valence electrons. The fourth-order valence-corrected chi connectivity index (χ4v) is 2.36. The summed E-state index contributed by atoms with van der Waals surface area (Å²) in [5.41, 5.74) is 0. The number of halogens is 1. The van der Waals surface area contributed by atoms with Gasteiger partial charge in [0.1, 0.15) is 17.6 Å². The fraction of sp³-hybridized carbons (Fsp3) is 0.467. The third kappa shape index (κ3) is 3.73. The number of ether oxygens (including phenoxy) is 3. The molecule has 1 aliphatic rings. The maximum Gasteiger partial charge on any atom is 0.328 e. The monoisotopic (exact) mass is 311 g/mol. The molecule has 7 heteroatoms. The summed E-state index contributed by atoms with van der Waals surface area (Å²) < 4.78 is 28.0. The van der Waals surface area contributed by atoms with E-state index in [9.17, 15) is 14.0 Å². The van der Waals surface area contributed by atoms with Crippen molar-refractivity contribution >= 4 is 11.9 Å². The Hall–Kier alpha value is -2.15. The molecule has 6 nitrogen and oxygen atoms in total. The second-order valence-electron chi connectivity index (χ2n) is 4.92. The van der Waals surface area contributed by atoms with Gasteiger partial charge in [0.25, 0.3) is 5.91 Å². The minimum atomic E-state index is -0.667. The first-order valence-electron chi connectivity index (χ1n) is 6.83. The van der Waals surface area contributed by atoms with Gasteiger partial charge in [0, 0.05) is 20.1 Å². The van der Waals surface area contributed by atoms with E-state index in [1.807, 2.05) is 0 Å². The summed E-state index contributed by atoms with van der Waals surface area (Å²) in [6.45, 7) is 0.0669. The molecule has 0 aromatic heterocycles. The summed E-state index contributed by atoms with van der Waals surface area (Å²) in [4.78, 5) is 25.4. The van der Waals surface area contributed by atoms with Crippen molar-refractivity contribution < 1.29 is 28.2 Å². The van der Waals surface area contributed by atoms with E-state index in [0.717, 1.165) is 0 Å². The number of likely N-dealkylation sites (tertiary alicyclic amines) is 1. The Balaban J connectivity index is 1.97. The summed E-state index contributed by atoms with van der Waals surface area (Å²) in [5, 5.41) is 0. The molecule has 2 atom stereocenters. The van der Waals surface area contributed by atoms with Crippen LogP contribution in [0.5, 0.6) is 5.75 Å². The Bertz CT molecular complexity index is 533. The molecule has 0 unspecified atom stereocenters. The molecule has 1 saturated heterocycles. The number of hydrogen-bond acceptors (Lipinski definition) is 5. The standard InChI is InChI=1S/C15H18FNO5/c1-20-12-7-13(15(19)21-2)17(8-12)14(18)9-22-11-5-3-10(16)4-6-11/h3-6,12-13H,7-9H2,1-2H3/t12-,13+/m0/s1. The van der Waals surface area contributed by atoms with Gasteiger partial charge in [0.2, 0.25) is 0 Å². The zero-order valence-electron chi connectivity index (χ0n) is 12.5. The number of amides is 1. The normalized spacial score (nSPS) is 20.8. The fourth-order valence-electron chi connectivity index (χ4n) is 2.36.